The Labute approximate surface area is 118 Å². The molecule has 0 spiro atoms. The molecule has 0 aromatic heterocycles. The lowest BCUT2D eigenvalue weighted by Gasteiger charge is -2.06. The summed E-state index contributed by atoms with van der Waals surface area (Å²) in [5, 5.41) is 13.9. The van der Waals surface area contributed by atoms with Crippen molar-refractivity contribution in [1.29, 1.82) is 0 Å². The lowest BCUT2D eigenvalue weighted by Crippen LogP contribution is -2.26. The third-order valence-corrected chi connectivity index (χ3v) is 3.42. The summed E-state index contributed by atoms with van der Waals surface area (Å²) >= 11 is 0. The topological polar surface area (TPSA) is 101 Å². The number of hydrogen-bond acceptors (Lipinski definition) is 5. The lowest BCUT2D eigenvalue weighted by atomic mass is 10.1. The number of nitrogens with zero attached hydrogens (tertiary/aromatic N) is 1. The van der Waals surface area contributed by atoms with E-state index in [1.165, 1.54) is 0 Å². The van der Waals surface area contributed by atoms with Gasteiger partial charge in [-0.05, 0) is 25.5 Å². The van der Waals surface area contributed by atoms with E-state index in [2.05, 4.69) is 10.0 Å². The van der Waals surface area contributed by atoms with Crippen molar-refractivity contribution in [3.05, 3.63) is 39.4 Å². The fraction of sp³-hybridized carbons (Fsp3) is 0.500. The van der Waals surface area contributed by atoms with Gasteiger partial charge in [0.1, 0.15) is 0 Å². The maximum Gasteiger partial charge on any atom is 0.272 e. The summed E-state index contributed by atoms with van der Waals surface area (Å²) in [4.78, 5) is 10.4. The van der Waals surface area contributed by atoms with Crippen LogP contribution in [-0.4, -0.2) is 32.7 Å². The zero-order valence-corrected chi connectivity index (χ0v) is 12.4. The predicted octanol–water partition coefficient (Wildman–Crippen LogP) is 0.932. The Balaban J connectivity index is 2.36. The van der Waals surface area contributed by atoms with Gasteiger partial charge in [-0.15, -0.1) is 0 Å². The molecule has 0 unspecified atom stereocenters. The van der Waals surface area contributed by atoms with Crippen LogP contribution in [0.15, 0.2) is 18.2 Å². The lowest BCUT2D eigenvalue weighted by molar-refractivity contribution is -0.385. The van der Waals surface area contributed by atoms with Gasteiger partial charge in [-0.2, -0.15) is 0 Å². The molecule has 1 aromatic carbocycles. The molecule has 0 heterocycles. The maximum atomic E-state index is 10.8. The van der Waals surface area contributed by atoms with Gasteiger partial charge < -0.3 is 5.32 Å². The standard InChI is InChI=1S/C12H19N3O4S/c1-10-4-5-11(8-12(10)15(16)17)9-13-6-3-7-14-20(2,18)19/h4-5,8,13-14H,3,6-7,9H2,1-2H3. The normalized spacial score (nSPS) is 11.5. The van der Waals surface area contributed by atoms with Crippen molar-refractivity contribution >= 4 is 15.7 Å². The minimum absolute atomic E-state index is 0.114. The van der Waals surface area contributed by atoms with E-state index in [1.807, 2.05) is 6.07 Å². The van der Waals surface area contributed by atoms with Crippen molar-refractivity contribution in [3.63, 3.8) is 0 Å². The van der Waals surface area contributed by atoms with Gasteiger partial charge in [-0.25, -0.2) is 13.1 Å². The summed E-state index contributed by atoms with van der Waals surface area (Å²) in [5.74, 6) is 0. The fourth-order valence-corrected chi connectivity index (χ4v) is 2.18. The second-order valence-electron chi connectivity index (χ2n) is 4.57. The fourth-order valence-electron chi connectivity index (χ4n) is 1.67. The summed E-state index contributed by atoms with van der Waals surface area (Å²) in [7, 11) is -3.14. The smallest absolute Gasteiger partial charge is 0.272 e. The van der Waals surface area contributed by atoms with Crippen molar-refractivity contribution in [3.8, 4) is 0 Å². The first-order valence-corrected chi connectivity index (χ1v) is 8.08. The van der Waals surface area contributed by atoms with Crippen molar-refractivity contribution in [2.45, 2.75) is 19.9 Å². The molecule has 0 atom stereocenters. The zero-order valence-electron chi connectivity index (χ0n) is 11.5. The molecular weight excluding hydrogens is 282 g/mol. The van der Waals surface area contributed by atoms with E-state index in [9.17, 15) is 18.5 Å². The average molecular weight is 301 g/mol. The minimum Gasteiger partial charge on any atom is -0.313 e. The van der Waals surface area contributed by atoms with Crippen LogP contribution >= 0.6 is 0 Å². The number of nitro groups is 1. The highest BCUT2D eigenvalue weighted by Gasteiger charge is 2.10. The van der Waals surface area contributed by atoms with Crippen LogP contribution in [0.25, 0.3) is 0 Å². The van der Waals surface area contributed by atoms with Crippen LogP contribution in [0.2, 0.25) is 0 Å². The summed E-state index contributed by atoms with van der Waals surface area (Å²) < 4.78 is 24.0. The van der Waals surface area contributed by atoms with E-state index in [0.29, 0.717) is 31.6 Å². The number of nitrogens with one attached hydrogen (secondary N) is 2. The molecule has 0 radical (unpaired) electrons. The van der Waals surface area contributed by atoms with E-state index in [1.54, 1.807) is 19.1 Å². The summed E-state index contributed by atoms with van der Waals surface area (Å²) in [6.45, 7) is 3.22. The zero-order chi connectivity index (χ0) is 15.2. The number of hydrogen-bond donors (Lipinski definition) is 2. The third-order valence-electron chi connectivity index (χ3n) is 2.69. The molecule has 7 nitrogen and oxygen atoms in total. The molecule has 112 valence electrons. The maximum absolute atomic E-state index is 10.8. The minimum atomic E-state index is -3.14. The van der Waals surface area contributed by atoms with Gasteiger partial charge in [0, 0.05) is 24.7 Å². The molecule has 8 heteroatoms. The highest BCUT2D eigenvalue weighted by Crippen LogP contribution is 2.18. The van der Waals surface area contributed by atoms with Crippen LogP contribution in [0.1, 0.15) is 17.5 Å². The van der Waals surface area contributed by atoms with Crippen molar-refractivity contribution < 1.29 is 13.3 Å². The first-order chi connectivity index (χ1) is 9.29. The van der Waals surface area contributed by atoms with Gasteiger partial charge in [0.2, 0.25) is 10.0 Å². The molecule has 0 saturated carbocycles. The molecule has 20 heavy (non-hydrogen) atoms. The Bertz CT molecular complexity index is 572. The summed E-state index contributed by atoms with van der Waals surface area (Å²) in [5.41, 5.74) is 1.58. The molecule has 0 amide bonds. The second-order valence-corrected chi connectivity index (χ2v) is 6.41. The summed E-state index contributed by atoms with van der Waals surface area (Å²) in [6.07, 6.45) is 1.77. The van der Waals surface area contributed by atoms with Gasteiger partial charge in [0.25, 0.3) is 5.69 Å². The molecule has 0 bridgehead atoms. The van der Waals surface area contributed by atoms with Gasteiger partial charge in [0.15, 0.2) is 0 Å². The van der Waals surface area contributed by atoms with Crippen LogP contribution in [-0.2, 0) is 16.6 Å². The molecule has 1 aromatic rings. The quantitative estimate of drug-likeness (QED) is 0.422. The Hall–Kier alpha value is -1.51. The van der Waals surface area contributed by atoms with E-state index < -0.39 is 14.9 Å². The van der Waals surface area contributed by atoms with Crippen LogP contribution in [0.5, 0.6) is 0 Å². The number of nitro benzene ring substituents is 1. The predicted molar refractivity (Wildman–Crippen MR) is 77.0 cm³/mol. The molecule has 0 saturated heterocycles. The number of aryl methyl sites for hydroxylation is 1. The average Bonchev–Trinajstić information content (AvgIpc) is 2.33. The van der Waals surface area contributed by atoms with E-state index in [4.69, 9.17) is 0 Å². The molecule has 0 fully saturated rings. The van der Waals surface area contributed by atoms with E-state index in [0.717, 1.165) is 11.8 Å². The monoisotopic (exact) mass is 301 g/mol. The van der Waals surface area contributed by atoms with Gasteiger partial charge in [-0.1, -0.05) is 12.1 Å². The highest BCUT2D eigenvalue weighted by molar-refractivity contribution is 7.88. The van der Waals surface area contributed by atoms with Crippen molar-refractivity contribution in [2.24, 2.45) is 0 Å². The molecule has 2 N–H and O–H groups in total. The van der Waals surface area contributed by atoms with Crippen LogP contribution in [0.4, 0.5) is 5.69 Å². The Morgan fingerprint density at radius 2 is 2.00 bits per heavy atom. The van der Waals surface area contributed by atoms with Gasteiger partial charge in [-0.3, -0.25) is 10.1 Å². The van der Waals surface area contributed by atoms with Crippen LogP contribution in [0.3, 0.4) is 0 Å². The van der Waals surface area contributed by atoms with Crippen molar-refractivity contribution in [2.75, 3.05) is 19.3 Å². The Morgan fingerprint density at radius 3 is 2.60 bits per heavy atom. The molecular formula is C12H19N3O4S. The molecule has 0 aliphatic heterocycles. The largest absolute Gasteiger partial charge is 0.313 e. The molecule has 0 aliphatic carbocycles. The SMILES string of the molecule is Cc1ccc(CNCCCNS(C)(=O)=O)cc1[N+](=O)[O-]. The van der Waals surface area contributed by atoms with E-state index in [-0.39, 0.29) is 5.69 Å². The van der Waals surface area contributed by atoms with Crippen LogP contribution < -0.4 is 10.0 Å². The summed E-state index contributed by atoms with van der Waals surface area (Å²) in [6, 6.07) is 5.11. The molecule has 0 aliphatic rings. The van der Waals surface area contributed by atoms with Gasteiger partial charge in [0.05, 0.1) is 11.2 Å². The number of sulfonamides is 1. The second kappa shape index (κ2) is 7.32. The van der Waals surface area contributed by atoms with Gasteiger partial charge >= 0.3 is 0 Å². The first kappa shape index (κ1) is 16.5. The Kier molecular flexibility index (Phi) is 6.05. The van der Waals surface area contributed by atoms with Crippen molar-refractivity contribution in [1.82, 2.24) is 10.0 Å². The highest BCUT2D eigenvalue weighted by atomic mass is 32.2. The number of benzene rings is 1. The van der Waals surface area contributed by atoms with E-state index >= 15 is 0 Å². The first-order valence-electron chi connectivity index (χ1n) is 6.19. The molecule has 1 rings (SSSR count). The number of rotatable bonds is 8. The van der Waals surface area contributed by atoms with Crippen LogP contribution in [0, 0.1) is 17.0 Å². The third kappa shape index (κ3) is 6.09. The Morgan fingerprint density at radius 1 is 1.30 bits per heavy atom.